The van der Waals surface area contributed by atoms with E-state index < -0.39 is 12.2 Å². The lowest BCUT2D eigenvalue weighted by Crippen LogP contribution is -2.36. The molecule has 2 aromatic carbocycles. The Morgan fingerprint density at radius 2 is 1.94 bits per heavy atom. The summed E-state index contributed by atoms with van der Waals surface area (Å²) in [5, 5.41) is 3.77. The zero-order valence-corrected chi connectivity index (χ0v) is 18.9. The zero-order valence-electron chi connectivity index (χ0n) is 16.5. The monoisotopic (exact) mass is 481 g/mol. The van der Waals surface area contributed by atoms with E-state index in [1.54, 1.807) is 24.3 Å². The third-order valence-corrected chi connectivity index (χ3v) is 6.09. The van der Waals surface area contributed by atoms with E-state index in [9.17, 15) is 9.59 Å². The van der Waals surface area contributed by atoms with Crippen LogP contribution in [0.15, 0.2) is 41.3 Å². The molecule has 2 heterocycles. The molecule has 2 aromatic rings. The van der Waals surface area contributed by atoms with Crippen LogP contribution in [0.25, 0.3) is 0 Å². The van der Waals surface area contributed by atoms with Crippen molar-refractivity contribution in [1.82, 2.24) is 5.32 Å². The van der Waals surface area contributed by atoms with Crippen LogP contribution in [0.2, 0.25) is 10.0 Å². The molecule has 0 bridgehead atoms. The second-order valence-electron chi connectivity index (χ2n) is 7.22. The van der Waals surface area contributed by atoms with Gasteiger partial charge in [0.2, 0.25) is 0 Å². The fourth-order valence-corrected chi connectivity index (χ4v) is 4.26. The molecule has 4 rings (SSSR count). The highest BCUT2D eigenvalue weighted by atomic mass is 35.5. The number of nitrogens with one attached hydrogen (secondary N) is 1. The maximum atomic E-state index is 12.4. The summed E-state index contributed by atoms with van der Waals surface area (Å²) in [6.45, 7) is 3.33. The predicted octanol–water partition coefficient (Wildman–Crippen LogP) is 3.87. The molecule has 0 unspecified atom stereocenters. The fraction of sp³-hybridized carbons (Fsp3) is 0.333. The molecule has 1 atom stereocenters. The molecule has 1 N–H and O–H groups in total. The van der Waals surface area contributed by atoms with Crippen LogP contribution in [0.3, 0.4) is 0 Å². The van der Waals surface area contributed by atoms with Crippen LogP contribution in [0.4, 0.5) is 16.2 Å². The van der Waals surface area contributed by atoms with E-state index in [2.05, 4.69) is 22.8 Å². The van der Waals surface area contributed by atoms with E-state index in [-0.39, 0.29) is 12.5 Å². The Morgan fingerprint density at radius 1 is 1.16 bits per heavy atom. The van der Waals surface area contributed by atoms with Crippen LogP contribution in [-0.4, -0.2) is 57.5 Å². The summed E-state index contributed by atoms with van der Waals surface area (Å²) in [5.74, 6) is -0.333. The van der Waals surface area contributed by atoms with E-state index >= 15 is 0 Å². The first-order valence-electron chi connectivity index (χ1n) is 9.79. The summed E-state index contributed by atoms with van der Waals surface area (Å²) in [6.07, 6.45) is -0.969. The number of amides is 2. The van der Waals surface area contributed by atoms with Crippen LogP contribution in [0.1, 0.15) is 10.4 Å². The molecule has 2 aliphatic heterocycles. The second-order valence-corrected chi connectivity index (χ2v) is 8.55. The molecule has 0 saturated carbocycles. The van der Waals surface area contributed by atoms with Crippen molar-refractivity contribution in [3.8, 4) is 0 Å². The Labute approximate surface area is 195 Å². The number of anilines is 2. The van der Waals surface area contributed by atoms with Crippen LogP contribution in [0, 0.1) is 0 Å². The average Bonchev–Trinajstić information content (AvgIpc) is 3.14. The maximum absolute atomic E-state index is 12.4. The highest BCUT2D eigenvalue weighted by molar-refractivity contribution is 7.80. The molecule has 2 saturated heterocycles. The van der Waals surface area contributed by atoms with Crippen LogP contribution in [0.5, 0.6) is 0 Å². The number of cyclic esters (lactones) is 1. The lowest BCUT2D eigenvalue weighted by atomic mass is 10.2. The van der Waals surface area contributed by atoms with Crippen molar-refractivity contribution < 1.29 is 19.1 Å². The average molecular weight is 482 g/mol. The number of thiol groups is 1. The smallest absolute Gasteiger partial charge is 0.414 e. The third kappa shape index (κ3) is 5.03. The maximum Gasteiger partial charge on any atom is 0.414 e. The van der Waals surface area contributed by atoms with Crippen molar-refractivity contribution in [2.45, 2.75) is 11.0 Å². The minimum Gasteiger partial charge on any atom is -0.442 e. The highest BCUT2D eigenvalue weighted by Gasteiger charge is 2.33. The number of benzene rings is 2. The summed E-state index contributed by atoms with van der Waals surface area (Å²) in [5.41, 5.74) is 1.92. The molecular weight excluding hydrogens is 461 g/mol. The van der Waals surface area contributed by atoms with Gasteiger partial charge in [-0.1, -0.05) is 23.2 Å². The van der Waals surface area contributed by atoms with Gasteiger partial charge in [0.25, 0.3) is 5.91 Å². The first-order chi connectivity index (χ1) is 14.9. The molecule has 164 valence electrons. The molecule has 2 fully saturated rings. The zero-order chi connectivity index (χ0) is 22.0. The Balaban J connectivity index is 1.38. The van der Waals surface area contributed by atoms with Crippen molar-refractivity contribution in [2.75, 3.05) is 49.2 Å². The quantitative estimate of drug-likeness (QED) is 0.634. The molecule has 0 aromatic heterocycles. The van der Waals surface area contributed by atoms with E-state index in [4.69, 9.17) is 32.7 Å². The molecule has 0 radical (unpaired) electrons. The number of hydrogen-bond acceptors (Lipinski definition) is 6. The van der Waals surface area contributed by atoms with Crippen LogP contribution < -0.4 is 15.1 Å². The Morgan fingerprint density at radius 3 is 2.68 bits per heavy atom. The Hall–Kier alpha value is -2.13. The minimum absolute atomic E-state index is 0.167. The molecule has 2 amide bonds. The SMILES string of the molecule is O=C(NC[C@H]1CN(c2ccc(N3CCOCC3)c(Cl)c2)C(=O)O1)c1cc(Cl)ccc1S. The molecule has 31 heavy (non-hydrogen) atoms. The van der Waals surface area contributed by atoms with E-state index in [0.29, 0.717) is 46.0 Å². The number of carbonyl (C=O) groups excluding carboxylic acids is 2. The summed E-state index contributed by atoms with van der Waals surface area (Å²) < 4.78 is 10.8. The number of halogens is 2. The highest BCUT2D eigenvalue weighted by Crippen LogP contribution is 2.32. The summed E-state index contributed by atoms with van der Waals surface area (Å²) in [7, 11) is 0. The van der Waals surface area contributed by atoms with Crippen molar-refractivity contribution in [3.63, 3.8) is 0 Å². The van der Waals surface area contributed by atoms with Crippen molar-refractivity contribution in [1.29, 1.82) is 0 Å². The van der Waals surface area contributed by atoms with E-state index in [1.807, 2.05) is 12.1 Å². The Kier molecular flexibility index (Phi) is 6.81. The molecule has 10 heteroatoms. The minimum atomic E-state index is -0.489. The van der Waals surface area contributed by atoms with Gasteiger partial charge in [-0.05, 0) is 36.4 Å². The largest absolute Gasteiger partial charge is 0.442 e. The first-order valence-corrected chi connectivity index (χ1v) is 11.0. The van der Waals surface area contributed by atoms with Gasteiger partial charge in [0.05, 0.1) is 42.6 Å². The second kappa shape index (κ2) is 9.56. The fourth-order valence-electron chi connectivity index (χ4n) is 3.55. The first kappa shape index (κ1) is 22.1. The molecule has 7 nitrogen and oxygen atoms in total. The van der Waals surface area contributed by atoms with Crippen LogP contribution >= 0.6 is 35.8 Å². The van der Waals surface area contributed by atoms with Gasteiger partial charge >= 0.3 is 6.09 Å². The number of rotatable bonds is 5. The van der Waals surface area contributed by atoms with Gasteiger partial charge in [0, 0.05) is 28.7 Å². The summed E-state index contributed by atoms with van der Waals surface area (Å²) in [4.78, 5) is 29.0. The van der Waals surface area contributed by atoms with Gasteiger partial charge in [-0.3, -0.25) is 9.69 Å². The number of morpholine rings is 1. The molecular formula is C21H21Cl2N3O4S. The van der Waals surface area contributed by atoms with Crippen molar-refractivity contribution >= 4 is 59.2 Å². The van der Waals surface area contributed by atoms with Crippen molar-refractivity contribution in [2.24, 2.45) is 0 Å². The number of hydrogen-bond donors (Lipinski definition) is 2. The number of ether oxygens (including phenoxy) is 2. The van der Waals surface area contributed by atoms with Gasteiger partial charge in [0.1, 0.15) is 6.10 Å². The lowest BCUT2D eigenvalue weighted by Gasteiger charge is -2.30. The topological polar surface area (TPSA) is 71.1 Å². The molecule has 2 aliphatic rings. The predicted molar refractivity (Wildman–Crippen MR) is 123 cm³/mol. The van der Waals surface area contributed by atoms with Gasteiger partial charge in [-0.25, -0.2) is 4.79 Å². The summed E-state index contributed by atoms with van der Waals surface area (Å²) >= 11 is 16.7. The van der Waals surface area contributed by atoms with Gasteiger partial charge in [-0.15, -0.1) is 12.6 Å². The van der Waals surface area contributed by atoms with Crippen molar-refractivity contribution in [3.05, 3.63) is 52.0 Å². The standard InChI is InChI=1S/C21H21Cl2N3O4S/c22-13-1-4-19(31)16(9-13)20(27)24-11-15-12-26(21(28)30-15)14-2-3-18(17(23)10-14)25-5-7-29-8-6-25/h1-4,9-10,15,31H,5-8,11-12H2,(H,24,27)/t15-/m0/s1. The van der Waals surface area contributed by atoms with Gasteiger partial charge in [-0.2, -0.15) is 0 Å². The van der Waals surface area contributed by atoms with Gasteiger partial charge < -0.3 is 19.7 Å². The van der Waals surface area contributed by atoms with E-state index in [0.717, 1.165) is 18.8 Å². The number of carbonyl (C=O) groups is 2. The Bertz CT molecular complexity index is 1000. The lowest BCUT2D eigenvalue weighted by molar-refractivity contribution is 0.0913. The normalized spacial score (nSPS) is 18.8. The molecule has 0 spiro atoms. The van der Waals surface area contributed by atoms with Gasteiger partial charge in [0.15, 0.2) is 0 Å². The van der Waals surface area contributed by atoms with Crippen LogP contribution in [-0.2, 0) is 9.47 Å². The summed E-state index contributed by atoms with van der Waals surface area (Å²) in [6, 6.07) is 10.4. The number of nitrogens with zero attached hydrogens (tertiary/aromatic N) is 2. The third-order valence-electron chi connectivity index (χ3n) is 5.16. The molecule has 0 aliphatic carbocycles. The van der Waals surface area contributed by atoms with E-state index in [1.165, 1.54) is 4.90 Å².